The number of hydrogen-bond donors (Lipinski definition) is 2. The second-order valence-electron chi connectivity index (χ2n) is 3.81. The van der Waals surface area contributed by atoms with Gasteiger partial charge < -0.3 is 10.4 Å². The predicted octanol–water partition coefficient (Wildman–Crippen LogP) is 1.43. The molecule has 1 aromatic rings. The molecule has 2 N–H and O–H groups in total. The first kappa shape index (κ1) is 12.1. The predicted molar refractivity (Wildman–Crippen MR) is 56.9 cm³/mol. The van der Waals surface area contributed by atoms with E-state index in [1.807, 2.05) is 0 Å². The van der Waals surface area contributed by atoms with E-state index < -0.39 is 11.4 Å². The molecular weight excluding hydrogens is 195 g/mol. The van der Waals surface area contributed by atoms with Crippen LogP contribution in [0.2, 0.25) is 0 Å². The second-order valence-corrected chi connectivity index (χ2v) is 3.81. The molecule has 3 nitrogen and oxygen atoms in total. The molecule has 0 aliphatic rings. The van der Waals surface area contributed by atoms with E-state index in [9.17, 15) is 9.50 Å². The van der Waals surface area contributed by atoms with Crippen LogP contribution in [-0.4, -0.2) is 23.2 Å². The summed E-state index contributed by atoms with van der Waals surface area (Å²) in [6.45, 7) is 4.98. The molecule has 15 heavy (non-hydrogen) atoms. The molecule has 1 unspecified atom stereocenters. The van der Waals surface area contributed by atoms with Gasteiger partial charge in [-0.1, -0.05) is 6.92 Å². The van der Waals surface area contributed by atoms with Gasteiger partial charge in [-0.3, -0.25) is 4.98 Å². The van der Waals surface area contributed by atoms with Gasteiger partial charge in [0.25, 0.3) is 0 Å². The highest BCUT2D eigenvalue weighted by molar-refractivity contribution is 5.13. The van der Waals surface area contributed by atoms with Gasteiger partial charge in [0.2, 0.25) is 0 Å². The fourth-order valence-corrected chi connectivity index (χ4v) is 1.29. The summed E-state index contributed by atoms with van der Waals surface area (Å²) < 4.78 is 12.6. The molecular formula is C11H17FN2O. The van der Waals surface area contributed by atoms with Crippen molar-refractivity contribution in [1.29, 1.82) is 0 Å². The van der Waals surface area contributed by atoms with Crippen LogP contribution in [0.1, 0.15) is 26.0 Å². The van der Waals surface area contributed by atoms with E-state index in [4.69, 9.17) is 0 Å². The third-order valence-corrected chi connectivity index (χ3v) is 2.18. The van der Waals surface area contributed by atoms with Crippen molar-refractivity contribution in [2.24, 2.45) is 0 Å². The third kappa shape index (κ3) is 3.57. The first-order chi connectivity index (χ1) is 7.06. The SMILES string of the molecule is CCCNCC(C)(O)c1ccc(F)cn1. The summed E-state index contributed by atoms with van der Waals surface area (Å²) in [6.07, 6.45) is 2.12. The van der Waals surface area contributed by atoms with Gasteiger partial charge in [-0.05, 0) is 32.0 Å². The maximum absolute atomic E-state index is 12.6. The zero-order valence-corrected chi connectivity index (χ0v) is 9.13. The molecule has 0 aliphatic carbocycles. The Morgan fingerprint density at radius 2 is 2.27 bits per heavy atom. The quantitative estimate of drug-likeness (QED) is 0.726. The van der Waals surface area contributed by atoms with Crippen LogP contribution in [0.3, 0.4) is 0 Å². The summed E-state index contributed by atoms with van der Waals surface area (Å²) in [7, 11) is 0. The molecule has 0 bridgehead atoms. The summed E-state index contributed by atoms with van der Waals surface area (Å²) in [5, 5.41) is 13.2. The van der Waals surface area contributed by atoms with Crippen LogP contribution in [0.15, 0.2) is 18.3 Å². The normalized spacial score (nSPS) is 14.9. The Morgan fingerprint density at radius 3 is 2.80 bits per heavy atom. The summed E-state index contributed by atoms with van der Waals surface area (Å²) in [5.74, 6) is -0.393. The minimum absolute atomic E-state index is 0.393. The van der Waals surface area contributed by atoms with Crippen molar-refractivity contribution in [2.75, 3.05) is 13.1 Å². The van der Waals surface area contributed by atoms with Crippen LogP contribution in [0.5, 0.6) is 0 Å². The van der Waals surface area contributed by atoms with Gasteiger partial charge in [0, 0.05) is 6.54 Å². The first-order valence-corrected chi connectivity index (χ1v) is 5.11. The van der Waals surface area contributed by atoms with E-state index in [1.165, 1.54) is 12.1 Å². The minimum Gasteiger partial charge on any atom is -0.383 e. The van der Waals surface area contributed by atoms with Crippen LogP contribution >= 0.6 is 0 Å². The number of nitrogens with one attached hydrogen (secondary N) is 1. The van der Waals surface area contributed by atoms with Gasteiger partial charge in [0.15, 0.2) is 0 Å². The Kier molecular flexibility index (Phi) is 4.17. The van der Waals surface area contributed by atoms with Crippen molar-refractivity contribution < 1.29 is 9.50 Å². The molecule has 0 saturated heterocycles. The van der Waals surface area contributed by atoms with Crippen molar-refractivity contribution in [3.8, 4) is 0 Å². The Bertz CT molecular complexity index is 298. The highest BCUT2D eigenvalue weighted by Gasteiger charge is 2.23. The van der Waals surface area contributed by atoms with Gasteiger partial charge in [-0.25, -0.2) is 4.39 Å². The zero-order chi connectivity index (χ0) is 11.3. The number of halogens is 1. The Morgan fingerprint density at radius 1 is 1.53 bits per heavy atom. The third-order valence-electron chi connectivity index (χ3n) is 2.18. The average molecular weight is 212 g/mol. The van der Waals surface area contributed by atoms with E-state index in [-0.39, 0.29) is 0 Å². The lowest BCUT2D eigenvalue weighted by atomic mass is 10.0. The molecule has 0 amide bonds. The van der Waals surface area contributed by atoms with Gasteiger partial charge in [0.05, 0.1) is 11.9 Å². The fourth-order valence-electron chi connectivity index (χ4n) is 1.29. The van der Waals surface area contributed by atoms with Crippen molar-refractivity contribution in [3.05, 3.63) is 29.8 Å². The molecule has 0 aromatic carbocycles. The van der Waals surface area contributed by atoms with E-state index in [2.05, 4.69) is 17.2 Å². The van der Waals surface area contributed by atoms with Crippen molar-refractivity contribution in [3.63, 3.8) is 0 Å². The van der Waals surface area contributed by atoms with Crippen LogP contribution < -0.4 is 5.32 Å². The van der Waals surface area contributed by atoms with E-state index >= 15 is 0 Å². The standard InChI is InChI=1S/C11H17FN2O/c1-3-6-13-8-11(2,15)10-5-4-9(12)7-14-10/h4-5,7,13,15H,3,6,8H2,1-2H3. The maximum atomic E-state index is 12.6. The Balaban J connectivity index is 2.63. The zero-order valence-electron chi connectivity index (χ0n) is 9.13. The maximum Gasteiger partial charge on any atom is 0.141 e. The second kappa shape index (κ2) is 5.19. The molecule has 84 valence electrons. The van der Waals surface area contributed by atoms with Gasteiger partial charge in [0.1, 0.15) is 11.4 Å². The number of aromatic nitrogens is 1. The summed E-state index contributed by atoms with van der Waals surface area (Å²) >= 11 is 0. The molecule has 0 spiro atoms. The molecule has 1 heterocycles. The lowest BCUT2D eigenvalue weighted by Gasteiger charge is -2.22. The molecule has 0 fully saturated rings. The smallest absolute Gasteiger partial charge is 0.141 e. The Hall–Kier alpha value is -1.00. The minimum atomic E-state index is -1.05. The fraction of sp³-hybridized carbons (Fsp3) is 0.545. The van der Waals surface area contributed by atoms with Crippen molar-refractivity contribution in [1.82, 2.24) is 10.3 Å². The number of hydrogen-bond acceptors (Lipinski definition) is 3. The Labute approximate surface area is 89.4 Å². The molecule has 0 radical (unpaired) electrons. The molecule has 1 rings (SSSR count). The number of aliphatic hydroxyl groups is 1. The van der Waals surface area contributed by atoms with Crippen LogP contribution in [0.25, 0.3) is 0 Å². The lowest BCUT2D eigenvalue weighted by molar-refractivity contribution is 0.0526. The molecule has 4 heteroatoms. The van der Waals surface area contributed by atoms with Crippen LogP contribution in [0, 0.1) is 5.82 Å². The van der Waals surface area contributed by atoms with Crippen LogP contribution in [0.4, 0.5) is 4.39 Å². The highest BCUT2D eigenvalue weighted by Crippen LogP contribution is 2.16. The average Bonchev–Trinajstić information content (AvgIpc) is 2.18. The van der Waals surface area contributed by atoms with E-state index in [0.717, 1.165) is 19.2 Å². The topological polar surface area (TPSA) is 45.1 Å². The molecule has 0 saturated carbocycles. The molecule has 1 aromatic heterocycles. The first-order valence-electron chi connectivity index (χ1n) is 5.11. The van der Waals surface area contributed by atoms with Gasteiger partial charge in [-0.2, -0.15) is 0 Å². The molecule has 1 atom stereocenters. The van der Waals surface area contributed by atoms with Gasteiger partial charge >= 0.3 is 0 Å². The summed E-state index contributed by atoms with van der Waals surface area (Å²) in [6, 6.07) is 2.81. The number of pyridine rings is 1. The largest absolute Gasteiger partial charge is 0.383 e. The van der Waals surface area contributed by atoms with Crippen molar-refractivity contribution >= 4 is 0 Å². The van der Waals surface area contributed by atoms with Crippen molar-refractivity contribution in [2.45, 2.75) is 25.9 Å². The summed E-state index contributed by atoms with van der Waals surface area (Å²) in [5.41, 5.74) is -0.574. The number of rotatable bonds is 5. The highest BCUT2D eigenvalue weighted by atomic mass is 19.1. The van der Waals surface area contributed by atoms with Gasteiger partial charge in [-0.15, -0.1) is 0 Å². The molecule has 0 aliphatic heterocycles. The monoisotopic (exact) mass is 212 g/mol. The van der Waals surface area contributed by atoms with Crippen LogP contribution in [-0.2, 0) is 5.60 Å². The number of nitrogens with zero attached hydrogens (tertiary/aromatic N) is 1. The summed E-state index contributed by atoms with van der Waals surface area (Å²) in [4.78, 5) is 3.86. The van der Waals surface area contributed by atoms with E-state index in [0.29, 0.717) is 12.2 Å². The lowest BCUT2D eigenvalue weighted by Crippen LogP contribution is -2.36. The van der Waals surface area contributed by atoms with E-state index in [1.54, 1.807) is 6.92 Å².